The number of nitro groups is 1. The van der Waals surface area contributed by atoms with E-state index in [-0.39, 0.29) is 24.0 Å². The molecule has 0 fully saturated rings. The van der Waals surface area contributed by atoms with Crippen LogP contribution in [0.4, 0.5) is 11.4 Å². The molecule has 2 heterocycles. The highest BCUT2D eigenvalue weighted by Gasteiger charge is 2.14. The van der Waals surface area contributed by atoms with Gasteiger partial charge in [-0.3, -0.25) is 19.7 Å². The first-order valence-electron chi connectivity index (χ1n) is 10.9. The lowest BCUT2D eigenvalue weighted by atomic mass is 10.2. The van der Waals surface area contributed by atoms with Gasteiger partial charge in [-0.05, 0) is 50.2 Å². The Balaban J connectivity index is 1.46. The molecule has 0 saturated carbocycles. The monoisotopic (exact) mass is 460 g/mol. The fourth-order valence-electron chi connectivity index (χ4n) is 3.75. The maximum Gasteiger partial charge on any atom is 0.269 e. The van der Waals surface area contributed by atoms with Crippen molar-refractivity contribution in [2.75, 3.05) is 18.4 Å². The lowest BCUT2D eigenvalue weighted by molar-refractivity contribution is -0.384. The maximum atomic E-state index is 12.7. The van der Waals surface area contributed by atoms with E-state index >= 15 is 0 Å². The van der Waals surface area contributed by atoms with Gasteiger partial charge in [0, 0.05) is 54.2 Å². The summed E-state index contributed by atoms with van der Waals surface area (Å²) < 4.78 is 3.38. The van der Waals surface area contributed by atoms with Crippen molar-refractivity contribution in [2.24, 2.45) is 0 Å². The second-order valence-electron chi connectivity index (χ2n) is 7.68. The number of carbonyl (C=O) groups excluding carboxylic acids is 2. The van der Waals surface area contributed by atoms with Gasteiger partial charge in [-0.1, -0.05) is 0 Å². The van der Waals surface area contributed by atoms with Crippen molar-refractivity contribution in [3.63, 3.8) is 0 Å². The third kappa shape index (κ3) is 4.65. The van der Waals surface area contributed by atoms with Gasteiger partial charge in [-0.25, -0.2) is 4.68 Å². The van der Waals surface area contributed by atoms with Crippen molar-refractivity contribution in [3.8, 4) is 5.69 Å². The van der Waals surface area contributed by atoms with E-state index in [1.54, 1.807) is 29.3 Å². The number of rotatable bonds is 8. The molecule has 174 valence electrons. The predicted octanol–water partition coefficient (Wildman–Crippen LogP) is 3.86. The second kappa shape index (κ2) is 9.57. The van der Waals surface area contributed by atoms with Gasteiger partial charge < -0.3 is 14.8 Å². The minimum absolute atomic E-state index is 0.0180. The quantitative estimate of drug-likeness (QED) is 0.317. The van der Waals surface area contributed by atoms with Gasteiger partial charge in [0.25, 0.3) is 11.6 Å². The summed E-state index contributed by atoms with van der Waals surface area (Å²) in [6.07, 6.45) is 4.86. The average Bonchev–Trinajstić information content (AvgIpc) is 3.48. The lowest BCUT2D eigenvalue weighted by Gasteiger charge is -2.19. The van der Waals surface area contributed by atoms with Crippen LogP contribution in [0.15, 0.2) is 67.1 Å². The summed E-state index contributed by atoms with van der Waals surface area (Å²) >= 11 is 0. The van der Waals surface area contributed by atoms with E-state index in [1.807, 2.05) is 42.8 Å². The summed E-state index contributed by atoms with van der Waals surface area (Å²) in [6.45, 7) is 5.52. The largest absolute Gasteiger partial charge is 0.342 e. The third-order valence-electron chi connectivity index (χ3n) is 5.62. The van der Waals surface area contributed by atoms with Crippen LogP contribution < -0.4 is 5.32 Å². The van der Waals surface area contributed by atoms with Crippen LogP contribution in [0.25, 0.3) is 16.6 Å². The maximum absolute atomic E-state index is 12.7. The zero-order valence-corrected chi connectivity index (χ0v) is 18.8. The van der Waals surface area contributed by atoms with Gasteiger partial charge in [0.15, 0.2) is 0 Å². The Hall–Kier alpha value is -4.47. The van der Waals surface area contributed by atoms with Gasteiger partial charge in [0.1, 0.15) is 6.54 Å². The Morgan fingerprint density at radius 1 is 1.09 bits per heavy atom. The van der Waals surface area contributed by atoms with Crippen LogP contribution in [0.3, 0.4) is 0 Å². The van der Waals surface area contributed by atoms with Gasteiger partial charge in [-0.15, -0.1) is 0 Å². The first-order valence-corrected chi connectivity index (χ1v) is 10.9. The highest BCUT2D eigenvalue weighted by molar-refractivity contribution is 6.05. The molecular formula is C24H24N6O4. The Bertz CT molecular complexity index is 1350. The molecule has 0 aliphatic carbocycles. The van der Waals surface area contributed by atoms with Crippen LogP contribution in [0, 0.1) is 10.1 Å². The number of non-ortho nitro benzene ring substituents is 1. The van der Waals surface area contributed by atoms with Crippen LogP contribution in [0.5, 0.6) is 0 Å². The first-order chi connectivity index (χ1) is 16.4. The van der Waals surface area contributed by atoms with E-state index in [9.17, 15) is 19.7 Å². The number of nitrogens with zero attached hydrogens (tertiary/aromatic N) is 5. The average molecular weight is 460 g/mol. The third-order valence-corrected chi connectivity index (χ3v) is 5.62. The molecule has 0 aliphatic rings. The number of likely N-dealkylation sites (N-methyl/N-ethyl adjacent to an activating group) is 1. The topological polar surface area (TPSA) is 115 Å². The van der Waals surface area contributed by atoms with Crippen molar-refractivity contribution in [3.05, 3.63) is 82.8 Å². The fourth-order valence-corrected chi connectivity index (χ4v) is 3.75. The molecular weight excluding hydrogens is 436 g/mol. The number of nitro benzene ring substituents is 1. The molecule has 0 bridgehead atoms. The molecule has 2 aromatic carbocycles. The van der Waals surface area contributed by atoms with Crippen LogP contribution in [0.2, 0.25) is 0 Å². The minimum Gasteiger partial charge on any atom is -0.342 e. The molecule has 0 atom stereocenters. The smallest absolute Gasteiger partial charge is 0.269 e. The van der Waals surface area contributed by atoms with Gasteiger partial charge in [0.05, 0.1) is 22.4 Å². The molecule has 4 rings (SSSR count). The summed E-state index contributed by atoms with van der Waals surface area (Å²) in [4.78, 5) is 37.3. The Labute approximate surface area is 195 Å². The predicted molar refractivity (Wildman–Crippen MR) is 128 cm³/mol. The van der Waals surface area contributed by atoms with Crippen molar-refractivity contribution >= 4 is 34.1 Å². The Kier molecular flexibility index (Phi) is 6.39. The number of aromatic nitrogens is 3. The van der Waals surface area contributed by atoms with Crippen LogP contribution in [0.1, 0.15) is 24.2 Å². The second-order valence-corrected chi connectivity index (χ2v) is 7.68. The van der Waals surface area contributed by atoms with Crippen molar-refractivity contribution < 1.29 is 14.5 Å². The van der Waals surface area contributed by atoms with Gasteiger partial charge >= 0.3 is 0 Å². The van der Waals surface area contributed by atoms with Crippen molar-refractivity contribution in [1.29, 1.82) is 0 Å². The Morgan fingerprint density at radius 3 is 2.50 bits per heavy atom. The number of hydrogen-bond donors (Lipinski definition) is 1. The van der Waals surface area contributed by atoms with E-state index in [0.717, 1.165) is 10.9 Å². The van der Waals surface area contributed by atoms with Crippen molar-refractivity contribution in [2.45, 2.75) is 20.4 Å². The summed E-state index contributed by atoms with van der Waals surface area (Å²) in [5.41, 5.74) is 2.46. The molecule has 0 radical (unpaired) electrons. The number of nitrogens with one attached hydrogen (secondary N) is 1. The summed E-state index contributed by atoms with van der Waals surface area (Å²) in [6, 6.07) is 13.3. The SMILES string of the molecule is CCN(CC)C(=O)Cn1ccc2cc(NC(=O)c3cnn(-c4ccc([N+](=O)[O-])cc4)c3)ccc21. The number of carbonyl (C=O) groups is 2. The van der Waals surface area contributed by atoms with E-state index in [4.69, 9.17) is 0 Å². The first kappa shape index (κ1) is 22.7. The van der Waals surface area contributed by atoms with E-state index < -0.39 is 4.92 Å². The molecule has 4 aromatic rings. The van der Waals surface area contributed by atoms with E-state index in [0.29, 0.717) is 30.0 Å². The molecule has 10 nitrogen and oxygen atoms in total. The molecule has 10 heteroatoms. The van der Waals surface area contributed by atoms with Crippen LogP contribution >= 0.6 is 0 Å². The minimum atomic E-state index is -0.473. The molecule has 0 aliphatic heterocycles. The number of fused-ring (bicyclic) bond motifs is 1. The van der Waals surface area contributed by atoms with E-state index in [2.05, 4.69) is 10.4 Å². The number of benzene rings is 2. The summed E-state index contributed by atoms with van der Waals surface area (Å²) in [5.74, 6) is -0.270. The molecule has 0 spiro atoms. The number of anilines is 1. The number of amides is 2. The molecule has 2 amide bonds. The normalized spacial score (nSPS) is 10.9. The molecule has 2 aromatic heterocycles. The summed E-state index contributed by atoms with van der Waals surface area (Å²) in [7, 11) is 0. The zero-order valence-electron chi connectivity index (χ0n) is 18.8. The fraction of sp³-hybridized carbons (Fsp3) is 0.208. The molecule has 1 N–H and O–H groups in total. The van der Waals surface area contributed by atoms with Gasteiger partial charge in [0.2, 0.25) is 5.91 Å². The van der Waals surface area contributed by atoms with E-state index in [1.165, 1.54) is 23.0 Å². The lowest BCUT2D eigenvalue weighted by Crippen LogP contribution is -2.33. The van der Waals surface area contributed by atoms with Gasteiger partial charge in [-0.2, -0.15) is 5.10 Å². The molecule has 0 saturated heterocycles. The highest BCUT2D eigenvalue weighted by Crippen LogP contribution is 2.22. The highest BCUT2D eigenvalue weighted by atomic mass is 16.6. The standard InChI is InChI=1S/C24H24N6O4/c1-3-27(4-2)23(31)16-28-12-11-17-13-19(5-10-22(17)28)26-24(32)18-14-25-29(15-18)20-6-8-21(9-7-20)30(33)34/h5-15H,3-4,16H2,1-2H3,(H,26,32). The Morgan fingerprint density at radius 2 is 1.82 bits per heavy atom. The summed E-state index contributed by atoms with van der Waals surface area (Å²) in [5, 5.41) is 18.8. The van der Waals surface area contributed by atoms with Crippen LogP contribution in [-0.4, -0.2) is 49.1 Å². The van der Waals surface area contributed by atoms with Crippen LogP contribution in [-0.2, 0) is 11.3 Å². The van der Waals surface area contributed by atoms with Crippen molar-refractivity contribution in [1.82, 2.24) is 19.2 Å². The zero-order chi connectivity index (χ0) is 24.2. The number of hydrogen-bond acceptors (Lipinski definition) is 5. The molecule has 34 heavy (non-hydrogen) atoms. The molecule has 0 unspecified atom stereocenters.